The highest BCUT2D eigenvalue weighted by molar-refractivity contribution is 5.81. The van der Waals surface area contributed by atoms with Crippen LogP contribution in [0.5, 0.6) is 0 Å². The van der Waals surface area contributed by atoms with Gasteiger partial charge in [-0.15, -0.1) is 0 Å². The minimum Gasteiger partial charge on any atom is -0.383 e. The Morgan fingerprint density at radius 3 is 2.56 bits per heavy atom. The van der Waals surface area contributed by atoms with Gasteiger partial charge in [0.1, 0.15) is 6.10 Å². The molecule has 16 heavy (non-hydrogen) atoms. The van der Waals surface area contributed by atoms with Gasteiger partial charge in [0, 0.05) is 19.0 Å². The highest BCUT2D eigenvalue weighted by Gasteiger charge is 2.39. The van der Waals surface area contributed by atoms with Crippen LogP contribution >= 0.6 is 0 Å². The van der Waals surface area contributed by atoms with E-state index in [1.54, 1.807) is 11.9 Å². The number of rotatable bonds is 1. The molecule has 1 aromatic carbocycles. The third kappa shape index (κ3) is 1.83. The van der Waals surface area contributed by atoms with Gasteiger partial charge in [0.2, 0.25) is 0 Å². The second-order valence-corrected chi connectivity index (χ2v) is 4.84. The van der Waals surface area contributed by atoms with Crippen LogP contribution in [0.1, 0.15) is 18.9 Å². The zero-order valence-corrected chi connectivity index (χ0v) is 9.68. The van der Waals surface area contributed by atoms with Crippen molar-refractivity contribution in [1.82, 2.24) is 4.90 Å². The summed E-state index contributed by atoms with van der Waals surface area (Å²) >= 11 is 0. The molecule has 1 N–H and O–H groups in total. The molecule has 0 spiro atoms. The summed E-state index contributed by atoms with van der Waals surface area (Å²) in [6.07, 6.45) is -0.371. The van der Waals surface area contributed by atoms with Crippen molar-refractivity contribution < 1.29 is 9.90 Å². The van der Waals surface area contributed by atoms with E-state index in [-0.39, 0.29) is 11.3 Å². The number of nitrogens with zero attached hydrogens (tertiary/aromatic N) is 1. The number of likely N-dealkylation sites (N-methyl/N-ethyl adjacent to an activating group) is 1. The highest BCUT2D eigenvalue weighted by Crippen LogP contribution is 2.33. The number of carbonyl (C=O) groups is 1. The van der Waals surface area contributed by atoms with E-state index in [0.717, 1.165) is 0 Å². The largest absolute Gasteiger partial charge is 0.383 e. The summed E-state index contributed by atoms with van der Waals surface area (Å²) in [6.45, 7) is 2.75. The maximum absolute atomic E-state index is 11.5. The molecule has 3 nitrogen and oxygen atoms in total. The Kier molecular flexibility index (Phi) is 2.72. The van der Waals surface area contributed by atoms with Gasteiger partial charge in [-0.2, -0.15) is 0 Å². The van der Waals surface area contributed by atoms with E-state index in [9.17, 15) is 9.90 Å². The predicted octanol–water partition coefficient (Wildman–Crippen LogP) is 1.17. The molecule has 0 radical (unpaired) electrons. The average molecular weight is 219 g/mol. The quantitative estimate of drug-likeness (QED) is 0.770. The number of amides is 1. The predicted molar refractivity (Wildman–Crippen MR) is 62.1 cm³/mol. The molecule has 2 unspecified atom stereocenters. The molecule has 2 atom stereocenters. The summed E-state index contributed by atoms with van der Waals surface area (Å²) in [7, 11) is 1.74. The van der Waals surface area contributed by atoms with Crippen molar-refractivity contribution >= 4 is 5.91 Å². The number of aliphatic hydroxyl groups is 1. The molecule has 86 valence electrons. The fourth-order valence-corrected chi connectivity index (χ4v) is 2.48. The third-order valence-corrected chi connectivity index (χ3v) is 3.36. The van der Waals surface area contributed by atoms with Crippen LogP contribution in [0.2, 0.25) is 0 Å². The van der Waals surface area contributed by atoms with E-state index in [1.807, 2.05) is 18.2 Å². The van der Waals surface area contributed by atoms with E-state index in [2.05, 4.69) is 19.1 Å². The number of benzene rings is 1. The molecular weight excluding hydrogens is 202 g/mol. The zero-order valence-electron chi connectivity index (χ0n) is 9.68. The summed E-state index contributed by atoms with van der Waals surface area (Å²) in [5, 5.41) is 9.75. The molecule has 0 saturated carbocycles. The molecule has 2 rings (SSSR count). The molecule has 3 heteroatoms. The molecule has 1 saturated heterocycles. The standard InChI is InChI=1S/C13H17NO2/c1-13(10-6-4-3-5-7-10)8-11(15)12(16)14(2)9-13/h3-7,11,15H,8-9H2,1-2H3. The van der Waals surface area contributed by atoms with Crippen molar-refractivity contribution in [3.63, 3.8) is 0 Å². The molecule has 1 aromatic rings. The Morgan fingerprint density at radius 1 is 1.38 bits per heavy atom. The van der Waals surface area contributed by atoms with Gasteiger partial charge < -0.3 is 10.0 Å². The Bertz CT molecular complexity index is 374. The second-order valence-electron chi connectivity index (χ2n) is 4.84. The van der Waals surface area contributed by atoms with E-state index in [4.69, 9.17) is 0 Å². The van der Waals surface area contributed by atoms with Crippen molar-refractivity contribution in [2.75, 3.05) is 13.6 Å². The number of aliphatic hydroxyl groups excluding tert-OH is 1. The summed E-state index contributed by atoms with van der Waals surface area (Å²) < 4.78 is 0. The minimum absolute atomic E-state index is 0.149. The summed E-state index contributed by atoms with van der Waals surface area (Å²) in [5.41, 5.74) is 1.02. The van der Waals surface area contributed by atoms with Crippen LogP contribution in [0.15, 0.2) is 30.3 Å². The van der Waals surface area contributed by atoms with Crippen LogP contribution < -0.4 is 0 Å². The van der Waals surface area contributed by atoms with Crippen molar-refractivity contribution in [3.8, 4) is 0 Å². The van der Waals surface area contributed by atoms with Gasteiger partial charge in [-0.1, -0.05) is 37.3 Å². The summed E-state index contributed by atoms with van der Waals surface area (Å²) in [6, 6.07) is 10.1. The topological polar surface area (TPSA) is 40.5 Å². The molecule has 0 aliphatic carbocycles. The Balaban J connectivity index is 2.30. The fourth-order valence-electron chi connectivity index (χ4n) is 2.48. The lowest BCUT2D eigenvalue weighted by Gasteiger charge is -2.41. The monoisotopic (exact) mass is 219 g/mol. The average Bonchev–Trinajstić information content (AvgIpc) is 2.27. The zero-order chi connectivity index (χ0) is 11.8. The van der Waals surface area contributed by atoms with Gasteiger partial charge in [-0.3, -0.25) is 4.79 Å². The maximum Gasteiger partial charge on any atom is 0.251 e. The van der Waals surface area contributed by atoms with Gasteiger partial charge in [0.05, 0.1) is 0 Å². The fraction of sp³-hybridized carbons (Fsp3) is 0.462. The Morgan fingerprint density at radius 2 is 2.00 bits per heavy atom. The van der Waals surface area contributed by atoms with Crippen molar-refractivity contribution in [3.05, 3.63) is 35.9 Å². The van der Waals surface area contributed by atoms with Gasteiger partial charge in [0.25, 0.3) is 5.91 Å². The Labute approximate surface area is 95.7 Å². The van der Waals surface area contributed by atoms with Gasteiger partial charge in [-0.25, -0.2) is 0 Å². The van der Waals surface area contributed by atoms with E-state index < -0.39 is 6.10 Å². The summed E-state index contributed by atoms with van der Waals surface area (Å²) in [4.78, 5) is 13.1. The number of hydrogen-bond donors (Lipinski definition) is 1. The normalized spacial score (nSPS) is 30.6. The number of likely N-dealkylation sites (tertiary alicyclic amines) is 1. The van der Waals surface area contributed by atoms with Crippen molar-refractivity contribution in [2.24, 2.45) is 0 Å². The molecule has 1 aliphatic rings. The maximum atomic E-state index is 11.5. The molecule has 1 heterocycles. The van der Waals surface area contributed by atoms with Crippen molar-refractivity contribution in [2.45, 2.75) is 24.9 Å². The van der Waals surface area contributed by atoms with Crippen LogP contribution in [0.3, 0.4) is 0 Å². The molecule has 1 fully saturated rings. The minimum atomic E-state index is -0.871. The van der Waals surface area contributed by atoms with E-state index in [0.29, 0.717) is 13.0 Å². The molecule has 1 amide bonds. The number of carbonyl (C=O) groups excluding carboxylic acids is 1. The summed E-state index contributed by atoms with van der Waals surface area (Å²) in [5.74, 6) is -0.173. The molecule has 1 aliphatic heterocycles. The lowest BCUT2D eigenvalue weighted by atomic mass is 9.75. The van der Waals surface area contributed by atoms with E-state index in [1.165, 1.54) is 5.56 Å². The van der Waals surface area contributed by atoms with Gasteiger partial charge in [0.15, 0.2) is 0 Å². The van der Waals surface area contributed by atoms with Gasteiger partial charge >= 0.3 is 0 Å². The first-order valence-corrected chi connectivity index (χ1v) is 5.51. The molecular formula is C13H17NO2. The SMILES string of the molecule is CN1CC(C)(c2ccccc2)CC(O)C1=O. The van der Waals surface area contributed by atoms with Crippen LogP contribution in [-0.2, 0) is 10.2 Å². The van der Waals surface area contributed by atoms with Crippen molar-refractivity contribution in [1.29, 1.82) is 0 Å². The second kappa shape index (κ2) is 3.91. The lowest BCUT2D eigenvalue weighted by Crippen LogP contribution is -2.52. The number of piperidine rings is 1. The smallest absolute Gasteiger partial charge is 0.251 e. The Hall–Kier alpha value is -1.35. The number of hydrogen-bond acceptors (Lipinski definition) is 2. The first kappa shape index (κ1) is 11.1. The molecule has 0 aromatic heterocycles. The van der Waals surface area contributed by atoms with Crippen LogP contribution in [0.4, 0.5) is 0 Å². The van der Waals surface area contributed by atoms with Crippen LogP contribution in [-0.4, -0.2) is 35.6 Å². The first-order chi connectivity index (χ1) is 7.53. The first-order valence-electron chi connectivity index (χ1n) is 5.51. The van der Waals surface area contributed by atoms with Gasteiger partial charge in [-0.05, 0) is 12.0 Å². The third-order valence-electron chi connectivity index (χ3n) is 3.36. The highest BCUT2D eigenvalue weighted by atomic mass is 16.3. The molecule has 0 bridgehead atoms. The van der Waals surface area contributed by atoms with Crippen LogP contribution in [0.25, 0.3) is 0 Å². The lowest BCUT2D eigenvalue weighted by molar-refractivity contribution is -0.145. The van der Waals surface area contributed by atoms with Crippen LogP contribution in [0, 0.1) is 0 Å². The van der Waals surface area contributed by atoms with E-state index >= 15 is 0 Å².